The zero-order valence-electron chi connectivity index (χ0n) is 12.3. The van der Waals surface area contributed by atoms with Crippen LogP contribution in [-0.4, -0.2) is 23.3 Å². The number of hydrogen-bond donors (Lipinski definition) is 2. The van der Waals surface area contributed by atoms with Crippen LogP contribution in [0.5, 0.6) is 0 Å². The average molecular weight is 329 g/mol. The van der Waals surface area contributed by atoms with E-state index in [0.29, 0.717) is 4.88 Å². The molecule has 2 rings (SSSR count). The smallest absolute Gasteiger partial charge is 0.250 e. The SMILES string of the molecule is CCc1nn(C)cc1CNS(=O)(=O)c1cc(C)c(CO)s1. The quantitative estimate of drug-likeness (QED) is 0.837. The largest absolute Gasteiger partial charge is 0.391 e. The summed E-state index contributed by atoms with van der Waals surface area (Å²) in [6.07, 6.45) is 2.57. The molecule has 0 fully saturated rings. The van der Waals surface area contributed by atoms with Crippen molar-refractivity contribution in [1.29, 1.82) is 0 Å². The molecule has 0 atom stereocenters. The van der Waals surface area contributed by atoms with Crippen LogP contribution in [0.15, 0.2) is 16.5 Å². The van der Waals surface area contributed by atoms with Crippen LogP contribution in [0.3, 0.4) is 0 Å². The Morgan fingerprint density at radius 3 is 2.76 bits per heavy atom. The fourth-order valence-electron chi connectivity index (χ4n) is 2.05. The molecule has 116 valence electrons. The van der Waals surface area contributed by atoms with Crippen molar-refractivity contribution in [2.75, 3.05) is 0 Å². The minimum absolute atomic E-state index is 0.144. The second kappa shape index (κ2) is 6.27. The topological polar surface area (TPSA) is 84.2 Å². The van der Waals surface area contributed by atoms with Gasteiger partial charge in [-0.3, -0.25) is 4.68 Å². The molecule has 0 unspecified atom stereocenters. The first-order valence-electron chi connectivity index (χ1n) is 6.58. The molecule has 2 N–H and O–H groups in total. The molecule has 0 aromatic carbocycles. The summed E-state index contributed by atoms with van der Waals surface area (Å²) in [5.74, 6) is 0. The van der Waals surface area contributed by atoms with Crippen molar-refractivity contribution in [2.45, 2.75) is 37.6 Å². The van der Waals surface area contributed by atoms with Gasteiger partial charge in [-0.2, -0.15) is 5.10 Å². The number of hydrogen-bond acceptors (Lipinski definition) is 5. The predicted octanol–water partition coefficient (Wildman–Crippen LogP) is 1.32. The lowest BCUT2D eigenvalue weighted by Crippen LogP contribution is -2.22. The first-order chi connectivity index (χ1) is 9.87. The van der Waals surface area contributed by atoms with Crippen molar-refractivity contribution in [1.82, 2.24) is 14.5 Å². The van der Waals surface area contributed by atoms with Crippen molar-refractivity contribution in [3.8, 4) is 0 Å². The van der Waals surface area contributed by atoms with E-state index in [1.807, 2.05) is 20.2 Å². The second-order valence-electron chi connectivity index (χ2n) is 4.78. The van der Waals surface area contributed by atoms with E-state index in [9.17, 15) is 8.42 Å². The van der Waals surface area contributed by atoms with Crippen LogP contribution in [0.4, 0.5) is 0 Å². The standard InChI is InChI=1S/C13H19N3O3S2/c1-4-11-10(7-16(3)15-11)6-14-21(18,19)13-5-9(2)12(8-17)20-13/h5,7,14,17H,4,6,8H2,1-3H3. The molecule has 0 bridgehead atoms. The van der Waals surface area contributed by atoms with Crippen LogP contribution >= 0.6 is 11.3 Å². The number of sulfonamides is 1. The van der Waals surface area contributed by atoms with Gasteiger partial charge in [0.05, 0.1) is 12.3 Å². The Kier molecular flexibility index (Phi) is 4.82. The Morgan fingerprint density at radius 1 is 1.48 bits per heavy atom. The molecular weight excluding hydrogens is 310 g/mol. The average Bonchev–Trinajstić information content (AvgIpc) is 2.99. The number of aliphatic hydroxyl groups is 1. The highest BCUT2D eigenvalue weighted by atomic mass is 32.2. The molecule has 0 amide bonds. The van der Waals surface area contributed by atoms with Crippen LogP contribution in [-0.2, 0) is 36.6 Å². The maximum absolute atomic E-state index is 12.3. The van der Waals surface area contributed by atoms with Gasteiger partial charge in [0.25, 0.3) is 0 Å². The third-order valence-corrected chi connectivity index (χ3v) is 6.28. The van der Waals surface area contributed by atoms with Crippen molar-refractivity contribution in [2.24, 2.45) is 7.05 Å². The van der Waals surface area contributed by atoms with Gasteiger partial charge < -0.3 is 5.11 Å². The Morgan fingerprint density at radius 2 is 2.19 bits per heavy atom. The highest BCUT2D eigenvalue weighted by Crippen LogP contribution is 2.26. The first kappa shape index (κ1) is 16.2. The molecular formula is C13H19N3O3S2. The van der Waals surface area contributed by atoms with Gasteiger partial charge in [0, 0.05) is 30.2 Å². The molecule has 0 radical (unpaired) electrons. The number of rotatable bonds is 6. The monoisotopic (exact) mass is 329 g/mol. The number of nitrogens with zero attached hydrogens (tertiary/aromatic N) is 2. The molecule has 0 aliphatic carbocycles. The van der Waals surface area contributed by atoms with E-state index >= 15 is 0 Å². The van der Waals surface area contributed by atoms with Crippen LogP contribution in [0.2, 0.25) is 0 Å². The summed E-state index contributed by atoms with van der Waals surface area (Å²) < 4.78 is 29.1. The first-order valence-corrected chi connectivity index (χ1v) is 8.88. The summed E-state index contributed by atoms with van der Waals surface area (Å²) in [6, 6.07) is 1.59. The fourth-order valence-corrected chi connectivity index (χ4v) is 4.55. The molecule has 0 aliphatic rings. The van der Waals surface area contributed by atoms with Gasteiger partial charge in [-0.05, 0) is 25.0 Å². The lowest BCUT2D eigenvalue weighted by molar-refractivity contribution is 0.285. The molecule has 2 heterocycles. The molecule has 2 aromatic heterocycles. The van der Waals surface area contributed by atoms with Gasteiger partial charge in [-0.1, -0.05) is 6.92 Å². The molecule has 2 aromatic rings. The minimum atomic E-state index is -3.57. The summed E-state index contributed by atoms with van der Waals surface area (Å²) >= 11 is 1.10. The van der Waals surface area contributed by atoms with Crippen LogP contribution < -0.4 is 4.72 Å². The predicted molar refractivity (Wildman–Crippen MR) is 81.6 cm³/mol. The maximum atomic E-state index is 12.3. The van der Waals surface area contributed by atoms with E-state index in [4.69, 9.17) is 5.11 Å². The van der Waals surface area contributed by atoms with Gasteiger partial charge in [0.1, 0.15) is 4.21 Å². The van der Waals surface area contributed by atoms with Crippen molar-refractivity contribution < 1.29 is 13.5 Å². The highest BCUT2D eigenvalue weighted by molar-refractivity contribution is 7.91. The van der Waals surface area contributed by atoms with E-state index in [1.54, 1.807) is 17.7 Å². The van der Waals surface area contributed by atoms with E-state index < -0.39 is 10.0 Å². The van der Waals surface area contributed by atoms with E-state index in [-0.39, 0.29) is 17.4 Å². The van der Waals surface area contributed by atoms with Gasteiger partial charge in [0.15, 0.2) is 0 Å². The van der Waals surface area contributed by atoms with Crippen LogP contribution in [0, 0.1) is 6.92 Å². The molecule has 0 spiro atoms. The lowest BCUT2D eigenvalue weighted by atomic mass is 10.2. The Hall–Kier alpha value is -1.22. The Balaban J connectivity index is 2.17. The van der Waals surface area contributed by atoms with Crippen molar-refractivity contribution in [3.63, 3.8) is 0 Å². The molecule has 0 saturated heterocycles. The summed E-state index contributed by atoms with van der Waals surface area (Å²) in [5.41, 5.74) is 2.55. The molecule has 0 saturated carbocycles. The van der Waals surface area contributed by atoms with Crippen LogP contribution in [0.1, 0.15) is 28.6 Å². The van der Waals surface area contributed by atoms with Crippen LogP contribution in [0.25, 0.3) is 0 Å². The Labute approximate surface area is 128 Å². The lowest BCUT2D eigenvalue weighted by Gasteiger charge is -2.04. The summed E-state index contributed by atoms with van der Waals surface area (Å²) in [5, 5.41) is 13.4. The zero-order valence-corrected chi connectivity index (χ0v) is 13.9. The number of aromatic nitrogens is 2. The number of aryl methyl sites for hydroxylation is 3. The minimum Gasteiger partial charge on any atom is -0.391 e. The summed E-state index contributed by atoms with van der Waals surface area (Å²) in [6.45, 7) is 3.84. The summed E-state index contributed by atoms with van der Waals surface area (Å²) in [7, 11) is -1.75. The fraction of sp³-hybridized carbons (Fsp3) is 0.462. The normalized spacial score (nSPS) is 12.0. The van der Waals surface area contributed by atoms with Gasteiger partial charge >= 0.3 is 0 Å². The summed E-state index contributed by atoms with van der Waals surface area (Å²) in [4.78, 5) is 0.672. The van der Waals surface area contributed by atoms with Crippen molar-refractivity contribution >= 4 is 21.4 Å². The second-order valence-corrected chi connectivity index (χ2v) is 7.91. The third-order valence-electron chi connectivity index (χ3n) is 3.19. The molecule has 8 heteroatoms. The van der Waals surface area contributed by atoms with Gasteiger partial charge in [-0.15, -0.1) is 11.3 Å². The molecule has 21 heavy (non-hydrogen) atoms. The van der Waals surface area contributed by atoms with E-state index in [2.05, 4.69) is 9.82 Å². The number of aliphatic hydroxyl groups excluding tert-OH is 1. The van der Waals surface area contributed by atoms with Gasteiger partial charge in [-0.25, -0.2) is 13.1 Å². The highest BCUT2D eigenvalue weighted by Gasteiger charge is 2.19. The molecule has 0 aliphatic heterocycles. The number of nitrogens with one attached hydrogen (secondary N) is 1. The van der Waals surface area contributed by atoms with Gasteiger partial charge in [0.2, 0.25) is 10.0 Å². The Bertz CT molecular complexity index is 732. The van der Waals surface area contributed by atoms with Crippen molar-refractivity contribution in [3.05, 3.63) is 34.0 Å². The number of thiophene rings is 1. The van der Waals surface area contributed by atoms with E-state index in [1.165, 1.54) is 0 Å². The third kappa shape index (κ3) is 3.52. The molecule has 6 nitrogen and oxygen atoms in total. The van der Waals surface area contributed by atoms with E-state index in [0.717, 1.165) is 34.6 Å². The zero-order chi connectivity index (χ0) is 15.6. The maximum Gasteiger partial charge on any atom is 0.250 e.